The van der Waals surface area contributed by atoms with Crippen molar-refractivity contribution in [1.29, 1.82) is 0 Å². The number of nitrogens with zero attached hydrogens (tertiary/aromatic N) is 5. The molecule has 0 atom stereocenters. The van der Waals surface area contributed by atoms with Gasteiger partial charge in [-0.15, -0.1) is 5.10 Å². The third kappa shape index (κ3) is 3.06. The fourth-order valence-corrected chi connectivity index (χ4v) is 3.06. The number of ether oxygens (including phenoxy) is 1. The summed E-state index contributed by atoms with van der Waals surface area (Å²) >= 11 is 6.21. The number of halogens is 1. The third-order valence-corrected chi connectivity index (χ3v) is 4.58. The first-order chi connectivity index (χ1) is 13.1. The fourth-order valence-electron chi connectivity index (χ4n) is 2.81. The van der Waals surface area contributed by atoms with Crippen LogP contribution in [0.5, 0.6) is 5.75 Å². The summed E-state index contributed by atoms with van der Waals surface area (Å²) in [5, 5.41) is 13.0. The predicted molar refractivity (Wildman–Crippen MR) is 101 cm³/mol. The van der Waals surface area contributed by atoms with Crippen LogP contribution in [0.15, 0.2) is 47.0 Å². The zero-order valence-electron chi connectivity index (χ0n) is 15.0. The molecule has 4 rings (SSSR count). The molecule has 0 bridgehead atoms. The van der Waals surface area contributed by atoms with Gasteiger partial charge in [0.2, 0.25) is 5.82 Å². The Labute approximate surface area is 160 Å². The molecule has 0 aliphatic rings. The van der Waals surface area contributed by atoms with Crippen LogP contribution >= 0.6 is 11.6 Å². The topological polar surface area (TPSA) is 78.9 Å². The highest BCUT2D eigenvalue weighted by molar-refractivity contribution is 6.32. The van der Waals surface area contributed by atoms with Gasteiger partial charge in [0.15, 0.2) is 5.69 Å². The summed E-state index contributed by atoms with van der Waals surface area (Å²) in [7, 11) is 1.57. The lowest BCUT2D eigenvalue weighted by molar-refractivity contribution is 0.415. The number of aryl methyl sites for hydroxylation is 1. The van der Waals surface area contributed by atoms with Crippen LogP contribution in [0.4, 0.5) is 0 Å². The van der Waals surface area contributed by atoms with E-state index in [2.05, 4.69) is 20.5 Å². The molecule has 0 fully saturated rings. The lowest BCUT2D eigenvalue weighted by atomic mass is 10.1. The molecule has 2 heterocycles. The van der Waals surface area contributed by atoms with Gasteiger partial charge in [-0.1, -0.05) is 46.2 Å². The number of benzene rings is 2. The van der Waals surface area contributed by atoms with Crippen LogP contribution in [0.3, 0.4) is 0 Å². The fraction of sp³-hybridized carbons (Fsp3) is 0.158. The van der Waals surface area contributed by atoms with Gasteiger partial charge in [-0.05, 0) is 37.6 Å². The van der Waals surface area contributed by atoms with Gasteiger partial charge in [0.25, 0.3) is 5.89 Å². The molecule has 0 aliphatic heterocycles. The number of aromatic nitrogens is 5. The van der Waals surface area contributed by atoms with Gasteiger partial charge >= 0.3 is 0 Å². The monoisotopic (exact) mass is 381 g/mol. The predicted octanol–water partition coefficient (Wildman–Crippen LogP) is 4.26. The Balaban J connectivity index is 1.71. The molecule has 4 aromatic rings. The number of methoxy groups -OCH3 is 1. The number of hydrogen-bond acceptors (Lipinski definition) is 6. The van der Waals surface area contributed by atoms with Crippen molar-refractivity contribution in [3.05, 3.63) is 58.7 Å². The summed E-state index contributed by atoms with van der Waals surface area (Å²) in [6.45, 7) is 3.88. The Kier molecular flexibility index (Phi) is 4.37. The molecule has 7 nitrogen and oxygen atoms in total. The summed E-state index contributed by atoms with van der Waals surface area (Å²) in [6, 6.07) is 13.2. The Hall–Kier alpha value is -3.19. The molecule has 27 heavy (non-hydrogen) atoms. The SMILES string of the molecule is COc1ccc(-n2nnc(-c3nc(-c4ccccc4C)no3)c2C)cc1Cl. The van der Waals surface area contributed by atoms with Crippen LogP contribution in [-0.2, 0) is 0 Å². The maximum absolute atomic E-state index is 6.21. The molecule has 0 N–H and O–H groups in total. The highest BCUT2D eigenvalue weighted by Gasteiger charge is 2.19. The van der Waals surface area contributed by atoms with Crippen molar-refractivity contribution >= 4 is 11.6 Å². The van der Waals surface area contributed by atoms with Gasteiger partial charge < -0.3 is 9.26 Å². The van der Waals surface area contributed by atoms with E-state index < -0.39 is 0 Å². The van der Waals surface area contributed by atoms with Crippen LogP contribution in [-0.4, -0.2) is 32.2 Å². The first kappa shape index (κ1) is 17.2. The van der Waals surface area contributed by atoms with E-state index >= 15 is 0 Å². The van der Waals surface area contributed by atoms with Gasteiger partial charge in [0.1, 0.15) is 5.75 Å². The van der Waals surface area contributed by atoms with Crippen LogP contribution in [0.25, 0.3) is 28.7 Å². The normalized spacial score (nSPS) is 11.0. The minimum Gasteiger partial charge on any atom is -0.495 e. The summed E-state index contributed by atoms with van der Waals surface area (Å²) in [6.07, 6.45) is 0. The molecular formula is C19H16ClN5O2. The minimum absolute atomic E-state index is 0.316. The van der Waals surface area contributed by atoms with Crippen molar-refractivity contribution in [3.63, 3.8) is 0 Å². The van der Waals surface area contributed by atoms with Crippen LogP contribution in [0.1, 0.15) is 11.3 Å². The van der Waals surface area contributed by atoms with Crippen LogP contribution < -0.4 is 4.74 Å². The molecule has 0 saturated carbocycles. The van der Waals surface area contributed by atoms with Crippen molar-refractivity contribution in [1.82, 2.24) is 25.1 Å². The molecule has 0 radical (unpaired) electrons. The van der Waals surface area contributed by atoms with Crippen molar-refractivity contribution in [3.8, 4) is 34.4 Å². The molecular weight excluding hydrogens is 366 g/mol. The van der Waals surface area contributed by atoms with E-state index in [1.54, 1.807) is 23.9 Å². The second-order valence-corrected chi connectivity index (χ2v) is 6.40. The summed E-state index contributed by atoms with van der Waals surface area (Å²) < 4.78 is 12.3. The zero-order chi connectivity index (χ0) is 19.0. The van der Waals surface area contributed by atoms with E-state index in [-0.39, 0.29) is 0 Å². The second-order valence-electron chi connectivity index (χ2n) is 5.99. The number of hydrogen-bond donors (Lipinski definition) is 0. The van der Waals surface area contributed by atoms with Gasteiger partial charge in [-0.3, -0.25) is 0 Å². The maximum atomic E-state index is 6.21. The van der Waals surface area contributed by atoms with Crippen molar-refractivity contribution in [2.75, 3.05) is 7.11 Å². The molecule has 2 aromatic heterocycles. The lowest BCUT2D eigenvalue weighted by Gasteiger charge is -2.07. The molecule has 8 heteroatoms. The Morgan fingerprint density at radius 3 is 2.67 bits per heavy atom. The molecule has 0 saturated heterocycles. The van der Waals surface area contributed by atoms with Crippen LogP contribution in [0, 0.1) is 13.8 Å². The average molecular weight is 382 g/mol. The lowest BCUT2D eigenvalue weighted by Crippen LogP contribution is -1.99. The van der Waals surface area contributed by atoms with E-state index in [1.807, 2.05) is 44.2 Å². The van der Waals surface area contributed by atoms with Crippen molar-refractivity contribution in [2.24, 2.45) is 0 Å². The smallest absolute Gasteiger partial charge is 0.280 e. The van der Waals surface area contributed by atoms with Gasteiger partial charge in [-0.2, -0.15) is 4.98 Å². The summed E-state index contributed by atoms with van der Waals surface area (Å²) in [5.41, 5.74) is 4.03. The van der Waals surface area contributed by atoms with E-state index in [0.29, 0.717) is 28.2 Å². The van der Waals surface area contributed by atoms with Gasteiger partial charge in [0.05, 0.1) is 23.5 Å². The third-order valence-electron chi connectivity index (χ3n) is 4.29. The molecule has 0 aliphatic carbocycles. The maximum Gasteiger partial charge on any atom is 0.280 e. The van der Waals surface area contributed by atoms with Gasteiger partial charge in [-0.25, -0.2) is 4.68 Å². The standard InChI is InChI=1S/C19H16ClN5O2/c1-11-6-4-5-7-14(11)18-21-19(27-23-18)17-12(2)25(24-22-17)13-8-9-16(26-3)15(20)10-13/h4-10H,1-3H3. The van der Waals surface area contributed by atoms with E-state index in [9.17, 15) is 0 Å². The van der Waals surface area contributed by atoms with E-state index in [4.69, 9.17) is 20.9 Å². The zero-order valence-corrected chi connectivity index (χ0v) is 15.7. The van der Waals surface area contributed by atoms with Crippen molar-refractivity contribution in [2.45, 2.75) is 13.8 Å². The molecule has 136 valence electrons. The molecule has 2 aromatic carbocycles. The average Bonchev–Trinajstić information content (AvgIpc) is 3.28. The summed E-state index contributed by atoms with van der Waals surface area (Å²) in [5.74, 6) is 1.43. The number of rotatable bonds is 4. The Bertz CT molecular complexity index is 1120. The first-order valence-electron chi connectivity index (χ1n) is 8.25. The Morgan fingerprint density at radius 1 is 1.11 bits per heavy atom. The Morgan fingerprint density at radius 2 is 1.93 bits per heavy atom. The molecule has 0 unspecified atom stereocenters. The van der Waals surface area contributed by atoms with Gasteiger partial charge in [0, 0.05) is 5.56 Å². The highest BCUT2D eigenvalue weighted by Crippen LogP contribution is 2.29. The van der Waals surface area contributed by atoms with Crippen LogP contribution in [0.2, 0.25) is 5.02 Å². The quantitative estimate of drug-likeness (QED) is 0.525. The van der Waals surface area contributed by atoms with E-state index in [1.165, 1.54) is 0 Å². The van der Waals surface area contributed by atoms with E-state index in [0.717, 1.165) is 22.5 Å². The second kappa shape index (κ2) is 6.85. The minimum atomic E-state index is 0.316. The summed E-state index contributed by atoms with van der Waals surface area (Å²) in [4.78, 5) is 4.48. The first-order valence-corrected chi connectivity index (χ1v) is 8.62. The largest absolute Gasteiger partial charge is 0.495 e. The molecule has 0 spiro atoms. The molecule has 0 amide bonds. The highest BCUT2D eigenvalue weighted by atomic mass is 35.5. The van der Waals surface area contributed by atoms with Crippen molar-refractivity contribution < 1.29 is 9.26 Å².